The van der Waals surface area contributed by atoms with Gasteiger partial charge in [0.15, 0.2) is 5.75 Å². The molecule has 3 N–H and O–H groups in total. The Balaban J connectivity index is 3.07. The van der Waals surface area contributed by atoms with E-state index in [-0.39, 0.29) is 17.5 Å². The summed E-state index contributed by atoms with van der Waals surface area (Å²) in [6.45, 7) is 4.18. The van der Waals surface area contributed by atoms with Gasteiger partial charge in [-0.25, -0.2) is 0 Å². The molecule has 0 amide bonds. The van der Waals surface area contributed by atoms with Crippen LogP contribution in [0.2, 0.25) is 0 Å². The molecule has 0 saturated carbocycles. The van der Waals surface area contributed by atoms with Gasteiger partial charge in [-0.2, -0.15) is 0 Å². The van der Waals surface area contributed by atoms with Gasteiger partial charge in [0.1, 0.15) is 0 Å². The first-order valence-corrected chi connectivity index (χ1v) is 6.17. The summed E-state index contributed by atoms with van der Waals surface area (Å²) in [5.41, 5.74) is 6.25. The molecule has 0 aliphatic carbocycles. The standard InChI is InChI=1S/C13H20N2O4/c1-8(2)4-5-10(14)9-6-11(15(17)18)13(16)12(7-9)19-3/h6-8,10,16H,4-5,14H2,1-3H3/t10-/m0/s1. The molecule has 0 fully saturated rings. The first-order valence-electron chi connectivity index (χ1n) is 6.17. The predicted molar refractivity (Wildman–Crippen MR) is 72.3 cm³/mol. The SMILES string of the molecule is COc1cc([C@@H](N)CCC(C)C)cc([N+](=O)[O-])c1O. The lowest BCUT2D eigenvalue weighted by Crippen LogP contribution is -2.12. The molecule has 0 aliphatic rings. The number of nitrogens with zero attached hydrogens (tertiary/aromatic N) is 1. The highest BCUT2D eigenvalue weighted by Gasteiger charge is 2.22. The lowest BCUT2D eigenvalue weighted by Gasteiger charge is -2.15. The molecular formula is C13H20N2O4. The molecule has 0 saturated heterocycles. The van der Waals surface area contributed by atoms with Crippen molar-refractivity contribution in [1.29, 1.82) is 0 Å². The number of hydrogen-bond donors (Lipinski definition) is 2. The Morgan fingerprint density at radius 3 is 2.53 bits per heavy atom. The van der Waals surface area contributed by atoms with E-state index >= 15 is 0 Å². The maximum Gasteiger partial charge on any atom is 0.314 e. The third kappa shape index (κ3) is 3.82. The second-order valence-electron chi connectivity index (χ2n) is 4.93. The molecule has 6 nitrogen and oxygen atoms in total. The largest absolute Gasteiger partial charge is 0.500 e. The molecule has 0 spiro atoms. The third-order valence-corrected chi connectivity index (χ3v) is 2.98. The number of phenolic OH excluding ortho intramolecular Hbond substituents is 1. The number of hydrogen-bond acceptors (Lipinski definition) is 5. The van der Waals surface area contributed by atoms with E-state index in [2.05, 4.69) is 13.8 Å². The summed E-state index contributed by atoms with van der Waals surface area (Å²) in [6.07, 6.45) is 1.65. The number of aromatic hydroxyl groups is 1. The molecule has 0 heterocycles. The molecule has 1 rings (SSSR count). The number of phenols is 1. The van der Waals surface area contributed by atoms with E-state index in [1.807, 2.05) is 0 Å². The van der Waals surface area contributed by atoms with E-state index < -0.39 is 10.7 Å². The van der Waals surface area contributed by atoms with Crippen LogP contribution in [0.4, 0.5) is 5.69 Å². The summed E-state index contributed by atoms with van der Waals surface area (Å²) < 4.78 is 4.94. The Bertz CT molecular complexity index is 460. The summed E-state index contributed by atoms with van der Waals surface area (Å²) in [5.74, 6) is 0.122. The van der Waals surface area contributed by atoms with Crippen LogP contribution in [0.25, 0.3) is 0 Å². The minimum Gasteiger partial charge on any atom is -0.500 e. The number of rotatable bonds is 6. The quantitative estimate of drug-likeness (QED) is 0.610. The highest BCUT2D eigenvalue weighted by atomic mass is 16.6. The minimum absolute atomic E-state index is 0.0733. The van der Waals surface area contributed by atoms with E-state index in [9.17, 15) is 15.2 Å². The molecule has 0 unspecified atom stereocenters. The summed E-state index contributed by atoms with van der Waals surface area (Å²) in [4.78, 5) is 10.2. The Kier molecular flexibility index (Phi) is 5.11. The maximum absolute atomic E-state index is 10.9. The Hall–Kier alpha value is -1.82. The molecule has 0 aliphatic heterocycles. The van der Waals surface area contributed by atoms with Gasteiger partial charge in [0.25, 0.3) is 0 Å². The average molecular weight is 268 g/mol. The molecule has 1 atom stereocenters. The smallest absolute Gasteiger partial charge is 0.314 e. The van der Waals surface area contributed by atoms with Crippen molar-refractivity contribution >= 4 is 5.69 Å². The van der Waals surface area contributed by atoms with Gasteiger partial charge in [-0.05, 0) is 30.4 Å². The number of nitro benzene ring substituents is 1. The van der Waals surface area contributed by atoms with E-state index in [1.165, 1.54) is 13.2 Å². The van der Waals surface area contributed by atoms with Gasteiger partial charge in [-0.1, -0.05) is 13.8 Å². The fourth-order valence-corrected chi connectivity index (χ4v) is 1.80. The monoisotopic (exact) mass is 268 g/mol. The number of ether oxygens (including phenoxy) is 1. The normalized spacial score (nSPS) is 12.5. The van der Waals surface area contributed by atoms with Gasteiger partial charge in [-0.3, -0.25) is 10.1 Å². The highest BCUT2D eigenvalue weighted by molar-refractivity contribution is 5.57. The summed E-state index contributed by atoms with van der Waals surface area (Å²) in [5, 5.41) is 20.6. The van der Waals surface area contributed by atoms with Crippen LogP contribution in [-0.2, 0) is 0 Å². The Morgan fingerprint density at radius 2 is 2.05 bits per heavy atom. The van der Waals surface area contributed by atoms with E-state index in [1.54, 1.807) is 6.07 Å². The van der Waals surface area contributed by atoms with Crippen LogP contribution in [0.3, 0.4) is 0 Å². The van der Waals surface area contributed by atoms with Crippen molar-refractivity contribution in [2.24, 2.45) is 11.7 Å². The van der Waals surface area contributed by atoms with Crippen molar-refractivity contribution in [3.05, 3.63) is 27.8 Å². The van der Waals surface area contributed by atoms with Crippen molar-refractivity contribution in [1.82, 2.24) is 0 Å². The molecule has 106 valence electrons. The van der Waals surface area contributed by atoms with Gasteiger partial charge in [0.05, 0.1) is 12.0 Å². The van der Waals surface area contributed by atoms with Crippen molar-refractivity contribution in [2.45, 2.75) is 32.7 Å². The van der Waals surface area contributed by atoms with Gasteiger partial charge < -0.3 is 15.6 Å². The average Bonchev–Trinajstić information content (AvgIpc) is 2.35. The number of methoxy groups -OCH3 is 1. The van der Waals surface area contributed by atoms with Crippen molar-refractivity contribution < 1.29 is 14.8 Å². The van der Waals surface area contributed by atoms with Gasteiger partial charge in [0, 0.05) is 12.1 Å². The molecule has 0 radical (unpaired) electrons. The Labute approximate surface area is 112 Å². The molecule has 0 bridgehead atoms. The van der Waals surface area contributed by atoms with E-state index in [4.69, 9.17) is 10.5 Å². The van der Waals surface area contributed by atoms with Crippen LogP contribution in [0.5, 0.6) is 11.5 Å². The highest BCUT2D eigenvalue weighted by Crippen LogP contribution is 2.38. The topological polar surface area (TPSA) is 98.6 Å². The fraction of sp³-hybridized carbons (Fsp3) is 0.538. The maximum atomic E-state index is 10.9. The molecule has 1 aromatic carbocycles. The molecule has 19 heavy (non-hydrogen) atoms. The van der Waals surface area contributed by atoms with Crippen molar-refractivity contribution in [3.8, 4) is 11.5 Å². The fourth-order valence-electron chi connectivity index (χ4n) is 1.80. The van der Waals surface area contributed by atoms with Gasteiger partial charge in [-0.15, -0.1) is 0 Å². The van der Waals surface area contributed by atoms with Gasteiger partial charge >= 0.3 is 5.69 Å². The Morgan fingerprint density at radius 1 is 1.42 bits per heavy atom. The third-order valence-electron chi connectivity index (χ3n) is 2.98. The van der Waals surface area contributed by atoms with Crippen LogP contribution in [0.15, 0.2) is 12.1 Å². The summed E-state index contributed by atoms with van der Waals surface area (Å²) >= 11 is 0. The summed E-state index contributed by atoms with van der Waals surface area (Å²) in [7, 11) is 1.35. The number of benzene rings is 1. The molecule has 6 heteroatoms. The number of nitrogens with two attached hydrogens (primary N) is 1. The zero-order chi connectivity index (χ0) is 14.6. The van der Waals surface area contributed by atoms with Crippen LogP contribution in [0.1, 0.15) is 38.3 Å². The second kappa shape index (κ2) is 6.38. The minimum atomic E-state index is -0.642. The lowest BCUT2D eigenvalue weighted by molar-refractivity contribution is -0.386. The summed E-state index contributed by atoms with van der Waals surface area (Å²) in [6, 6.07) is 2.55. The molecule has 1 aromatic rings. The molecular weight excluding hydrogens is 248 g/mol. The van der Waals surface area contributed by atoms with Crippen LogP contribution < -0.4 is 10.5 Å². The first kappa shape index (κ1) is 15.2. The first-order chi connectivity index (χ1) is 8.86. The van der Waals surface area contributed by atoms with Crippen LogP contribution >= 0.6 is 0 Å². The molecule has 0 aromatic heterocycles. The van der Waals surface area contributed by atoms with Crippen LogP contribution in [-0.4, -0.2) is 17.1 Å². The number of nitro groups is 1. The van der Waals surface area contributed by atoms with Crippen LogP contribution in [0, 0.1) is 16.0 Å². The lowest BCUT2D eigenvalue weighted by atomic mass is 9.97. The van der Waals surface area contributed by atoms with E-state index in [0.717, 1.165) is 12.8 Å². The zero-order valence-corrected chi connectivity index (χ0v) is 11.4. The van der Waals surface area contributed by atoms with E-state index in [0.29, 0.717) is 11.5 Å². The van der Waals surface area contributed by atoms with Crippen molar-refractivity contribution in [2.75, 3.05) is 7.11 Å². The van der Waals surface area contributed by atoms with Gasteiger partial charge in [0.2, 0.25) is 5.75 Å². The second-order valence-corrected chi connectivity index (χ2v) is 4.93. The zero-order valence-electron chi connectivity index (χ0n) is 11.4. The van der Waals surface area contributed by atoms with Crippen molar-refractivity contribution in [3.63, 3.8) is 0 Å². The predicted octanol–water partition coefficient (Wildman–Crippen LogP) is 2.75.